The first-order valence-corrected chi connectivity index (χ1v) is 6.54. The fourth-order valence-electron chi connectivity index (χ4n) is 2.27. The van der Waals surface area contributed by atoms with E-state index in [-0.39, 0.29) is 21.2 Å². The number of nitrogens with zero attached hydrogens (tertiary/aromatic N) is 3. The zero-order valence-corrected chi connectivity index (χ0v) is 11.3. The van der Waals surface area contributed by atoms with Crippen LogP contribution in [0.25, 0.3) is 16.7 Å². The summed E-state index contributed by atoms with van der Waals surface area (Å²) in [5.41, 5.74) is 5.33. The van der Waals surface area contributed by atoms with Gasteiger partial charge in [0, 0.05) is 6.54 Å². The maximum absolute atomic E-state index is 14.1. The van der Waals surface area contributed by atoms with Crippen molar-refractivity contribution in [3.63, 3.8) is 0 Å². The first-order valence-electron chi connectivity index (χ1n) is 6.13. The van der Waals surface area contributed by atoms with Crippen LogP contribution in [0.4, 0.5) is 4.39 Å². The van der Waals surface area contributed by atoms with Crippen LogP contribution >= 0.6 is 12.2 Å². The van der Waals surface area contributed by atoms with Gasteiger partial charge in [-0.25, -0.2) is 9.49 Å². The number of para-hydroxylation sites is 1. The van der Waals surface area contributed by atoms with Crippen LogP contribution in [0.5, 0.6) is 0 Å². The van der Waals surface area contributed by atoms with E-state index in [1.54, 1.807) is 6.07 Å². The molecule has 0 aliphatic heterocycles. The molecule has 0 spiro atoms. The predicted octanol–water partition coefficient (Wildman–Crippen LogP) is 1.19. The van der Waals surface area contributed by atoms with Gasteiger partial charge in [-0.2, -0.15) is 0 Å². The molecular weight excluding hydrogens is 281 g/mol. The number of halogens is 1. The fraction of sp³-hybridized carbons (Fsp3) is 0.250. The predicted molar refractivity (Wildman–Crippen MR) is 75.8 cm³/mol. The first-order chi connectivity index (χ1) is 9.65. The number of fused-ring (bicyclic) bond motifs is 3. The van der Waals surface area contributed by atoms with Crippen LogP contribution in [-0.4, -0.2) is 25.7 Å². The van der Waals surface area contributed by atoms with Gasteiger partial charge in [0.1, 0.15) is 5.82 Å². The molecule has 0 bridgehead atoms. The monoisotopic (exact) mass is 293 g/mol. The van der Waals surface area contributed by atoms with Crippen molar-refractivity contribution in [2.24, 2.45) is 5.73 Å². The van der Waals surface area contributed by atoms with Crippen molar-refractivity contribution in [1.82, 2.24) is 19.2 Å². The largest absolute Gasteiger partial charge is 0.330 e. The van der Waals surface area contributed by atoms with Crippen LogP contribution in [0.1, 0.15) is 6.42 Å². The maximum Gasteiger partial charge on any atom is 0.262 e. The van der Waals surface area contributed by atoms with Gasteiger partial charge < -0.3 is 5.73 Å². The number of H-pyrrole nitrogens is 1. The lowest BCUT2D eigenvalue weighted by atomic mass is 10.2. The average Bonchev–Trinajstić information content (AvgIpc) is 2.81. The average molecular weight is 293 g/mol. The lowest BCUT2D eigenvalue weighted by Gasteiger charge is -2.09. The third-order valence-corrected chi connectivity index (χ3v) is 3.44. The lowest BCUT2D eigenvalue weighted by Crippen LogP contribution is -2.24. The van der Waals surface area contributed by atoms with Crippen molar-refractivity contribution < 1.29 is 4.39 Å². The van der Waals surface area contributed by atoms with E-state index in [9.17, 15) is 9.18 Å². The Kier molecular flexibility index (Phi) is 3.11. The molecule has 2 aromatic heterocycles. The molecule has 0 amide bonds. The number of aryl methyl sites for hydroxylation is 1. The molecule has 2 heterocycles. The molecule has 0 saturated carbocycles. The number of hydrogen-bond donors (Lipinski definition) is 2. The van der Waals surface area contributed by atoms with Gasteiger partial charge in [0.2, 0.25) is 10.5 Å². The van der Waals surface area contributed by atoms with Crippen molar-refractivity contribution in [1.29, 1.82) is 0 Å². The Labute approximate surface area is 117 Å². The Hall–Kier alpha value is -2.06. The van der Waals surface area contributed by atoms with Crippen molar-refractivity contribution in [3.05, 3.63) is 39.1 Å². The van der Waals surface area contributed by atoms with Crippen molar-refractivity contribution in [3.8, 4) is 0 Å². The molecule has 3 rings (SSSR count). The van der Waals surface area contributed by atoms with E-state index < -0.39 is 5.82 Å². The minimum atomic E-state index is -0.506. The molecule has 0 radical (unpaired) electrons. The van der Waals surface area contributed by atoms with E-state index in [0.717, 1.165) is 0 Å². The molecule has 0 unspecified atom stereocenters. The summed E-state index contributed by atoms with van der Waals surface area (Å²) in [4.78, 5) is 12.5. The highest BCUT2D eigenvalue weighted by atomic mass is 32.1. The minimum Gasteiger partial charge on any atom is -0.330 e. The highest BCUT2D eigenvalue weighted by Crippen LogP contribution is 2.16. The topological polar surface area (TPSA) is 81.1 Å². The van der Waals surface area contributed by atoms with Gasteiger partial charge in [0.25, 0.3) is 5.56 Å². The Morgan fingerprint density at radius 2 is 2.25 bits per heavy atom. The molecular formula is C12H12FN5OS. The van der Waals surface area contributed by atoms with Gasteiger partial charge >= 0.3 is 0 Å². The summed E-state index contributed by atoms with van der Waals surface area (Å²) < 4.78 is 17.2. The van der Waals surface area contributed by atoms with Crippen LogP contribution < -0.4 is 11.3 Å². The summed E-state index contributed by atoms with van der Waals surface area (Å²) in [5.74, 6) is -0.209. The molecule has 3 N–H and O–H groups in total. The van der Waals surface area contributed by atoms with Gasteiger partial charge in [0.15, 0.2) is 0 Å². The number of nitrogens with one attached hydrogen (secondary N) is 1. The van der Waals surface area contributed by atoms with Gasteiger partial charge in [-0.1, -0.05) is 6.07 Å². The first kappa shape index (κ1) is 12.9. The summed E-state index contributed by atoms with van der Waals surface area (Å²) in [6, 6.07) is 4.37. The summed E-state index contributed by atoms with van der Waals surface area (Å²) in [7, 11) is 0. The van der Waals surface area contributed by atoms with E-state index >= 15 is 0 Å². The van der Waals surface area contributed by atoms with Crippen LogP contribution in [0.2, 0.25) is 0 Å². The SMILES string of the molecule is NCCCn1c(=O)c2cccc(F)c2n2c(=S)[nH]nc12. The molecule has 20 heavy (non-hydrogen) atoms. The minimum absolute atomic E-state index is 0.148. The zero-order valence-electron chi connectivity index (χ0n) is 10.5. The molecule has 3 aromatic rings. The molecule has 8 heteroatoms. The third kappa shape index (κ3) is 1.76. The van der Waals surface area contributed by atoms with Crippen LogP contribution in [-0.2, 0) is 6.54 Å². The normalized spacial score (nSPS) is 11.5. The molecule has 104 valence electrons. The molecule has 0 aliphatic rings. The quantitative estimate of drug-likeness (QED) is 0.711. The lowest BCUT2D eigenvalue weighted by molar-refractivity contribution is 0.622. The van der Waals surface area contributed by atoms with Crippen molar-refractivity contribution >= 4 is 28.9 Å². The van der Waals surface area contributed by atoms with Gasteiger partial charge in [-0.15, -0.1) is 5.10 Å². The van der Waals surface area contributed by atoms with Crippen LogP contribution in [0, 0.1) is 10.6 Å². The number of rotatable bonds is 3. The summed E-state index contributed by atoms with van der Waals surface area (Å²) >= 11 is 5.13. The number of aromatic nitrogens is 4. The summed E-state index contributed by atoms with van der Waals surface area (Å²) in [6.45, 7) is 0.857. The smallest absolute Gasteiger partial charge is 0.262 e. The van der Waals surface area contributed by atoms with Crippen molar-refractivity contribution in [2.75, 3.05) is 6.54 Å². The number of benzene rings is 1. The number of nitrogens with two attached hydrogens (primary N) is 1. The second kappa shape index (κ2) is 4.80. The standard InChI is InChI=1S/C12H12FN5OS/c13-8-4-1-3-7-9(8)18-11(15-16-12(18)20)17(10(7)19)6-2-5-14/h1,3-4H,2,5-6,14H2,(H,16,20). The van der Waals surface area contributed by atoms with E-state index in [1.807, 2.05) is 0 Å². The Morgan fingerprint density at radius 1 is 1.45 bits per heavy atom. The molecule has 0 saturated heterocycles. The van der Waals surface area contributed by atoms with Gasteiger partial charge in [-0.05, 0) is 37.3 Å². The second-order valence-electron chi connectivity index (χ2n) is 4.40. The van der Waals surface area contributed by atoms with E-state index in [2.05, 4.69) is 10.2 Å². The fourth-order valence-corrected chi connectivity index (χ4v) is 2.49. The molecule has 0 atom stereocenters. The number of hydrogen-bond acceptors (Lipinski definition) is 4. The molecule has 0 aliphatic carbocycles. The van der Waals surface area contributed by atoms with Crippen molar-refractivity contribution in [2.45, 2.75) is 13.0 Å². The maximum atomic E-state index is 14.1. The van der Waals surface area contributed by atoms with E-state index in [4.69, 9.17) is 18.0 Å². The van der Waals surface area contributed by atoms with Crippen LogP contribution in [0.15, 0.2) is 23.0 Å². The van der Waals surface area contributed by atoms with E-state index in [0.29, 0.717) is 25.3 Å². The zero-order chi connectivity index (χ0) is 14.3. The highest BCUT2D eigenvalue weighted by Gasteiger charge is 2.15. The Morgan fingerprint density at radius 3 is 3.00 bits per heavy atom. The van der Waals surface area contributed by atoms with Gasteiger partial charge in [-0.3, -0.25) is 13.8 Å². The summed E-state index contributed by atoms with van der Waals surface area (Å²) in [6.07, 6.45) is 0.621. The third-order valence-electron chi connectivity index (χ3n) is 3.17. The molecule has 0 fully saturated rings. The number of aromatic amines is 1. The highest BCUT2D eigenvalue weighted by molar-refractivity contribution is 7.71. The van der Waals surface area contributed by atoms with Crippen LogP contribution in [0.3, 0.4) is 0 Å². The van der Waals surface area contributed by atoms with E-state index in [1.165, 1.54) is 21.1 Å². The Bertz CT molecular complexity index is 910. The second-order valence-corrected chi connectivity index (χ2v) is 4.79. The Balaban J connectivity index is 2.54. The van der Waals surface area contributed by atoms with Gasteiger partial charge in [0.05, 0.1) is 10.9 Å². The molecule has 6 nitrogen and oxygen atoms in total. The molecule has 1 aromatic carbocycles. The summed E-state index contributed by atoms with van der Waals surface area (Å²) in [5, 5.41) is 6.89.